The van der Waals surface area contributed by atoms with Crippen molar-refractivity contribution in [2.45, 2.75) is 20.3 Å². The van der Waals surface area contributed by atoms with Crippen LogP contribution in [0.2, 0.25) is 0 Å². The van der Waals surface area contributed by atoms with Gasteiger partial charge in [-0.15, -0.1) is 0 Å². The summed E-state index contributed by atoms with van der Waals surface area (Å²) in [5, 5.41) is 5.06. The minimum Gasteiger partial charge on any atom is -0.454 e. The fourth-order valence-corrected chi connectivity index (χ4v) is 3.98. The van der Waals surface area contributed by atoms with Crippen molar-refractivity contribution in [3.05, 3.63) is 95.6 Å². The van der Waals surface area contributed by atoms with E-state index in [1.807, 2.05) is 79.7 Å². The lowest BCUT2D eigenvalue weighted by molar-refractivity contribution is -0.115. The molecule has 0 aliphatic rings. The summed E-state index contributed by atoms with van der Waals surface area (Å²) in [6.07, 6.45) is 0.333. The topological polar surface area (TPSA) is 55.1 Å². The fourth-order valence-electron chi connectivity index (χ4n) is 3.98. The number of carbonyl (C=O) groups excluding carboxylic acids is 1. The number of nitrogens with one attached hydrogen (secondary N) is 1. The van der Waals surface area contributed by atoms with Crippen LogP contribution in [0, 0.1) is 13.8 Å². The van der Waals surface area contributed by atoms with Crippen molar-refractivity contribution < 1.29 is 9.21 Å². The second-order valence-corrected chi connectivity index (χ2v) is 7.79. The van der Waals surface area contributed by atoms with E-state index in [0.717, 1.165) is 55.7 Å². The summed E-state index contributed by atoms with van der Waals surface area (Å²) in [5.41, 5.74) is 6.38. The lowest BCUT2D eigenvalue weighted by Gasteiger charge is -2.11. The third-order valence-corrected chi connectivity index (χ3v) is 5.62. The molecule has 0 bridgehead atoms. The Hall–Kier alpha value is -3.92. The molecule has 1 amide bonds. The summed E-state index contributed by atoms with van der Waals surface area (Å²) >= 11 is 0. The van der Waals surface area contributed by atoms with Gasteiger partial charge < -0.3 is 9.73 Å². The minimum atomic E-state index is -0.0476. The maximum Gasteiger partial charge on any atom is 0.228 e. The number of aromatic nitrogens is 1. The Morgan fingerprint density at radius 3 is 2.45 bits per heavy atom. The smallest absolute Gasteiger partial charge is 0.228 e. The quantitative estimate of drug-likeness (QED) is 0.373. The number of pyridine rings is 1. The van der Waals surface area contributed by atoms with Crippen LogP contribution >= 0.6 is 0 Å². The van der Waals surface area contributed by atoms with Crippen molar-refractivity contribution in [2.24, 2.45) is 0 Å². The first-order chi connectivity index (χ1) is 15.1. The van der Waals surface area contributed by atoms with Gasteiger partial charge in [0, 0.05) is 16.3 Å². The Morgan fingerprint density at radius 1 is 0.871 bits per heavy atom. The van der Waals surface area contributed by atoms with E-state index in [1.54, 1.807) is 0 Å². The molecule has 152 valence electrons. The van der Waals surface area contributed by atoms with Gasteiger partial charge in [0.2, 0.25) is 5.91 Å². The summed E-state index contributed by atoms with van der Waals surface area (Å²) in [5.74, 6) is 0.731. The lowest BCUT2D eigenvalue weighted by Crippen LogP contribution is -2.14. The number of nitrogens with zero attached hydrogens (tertiary/aromatic N) is 1. The van der Waals surface area contributed by atoms with Gasteiger partial charge in [-0.05, 0) is 49.2 Å². The second-order valence-electron chi connectivity index (χ2n) is 7.79. The van der Waals surface area contributed by atoms with E-state index < -0.39 is 0 Å². The van der Waals surface area contributed by atoms with Gasteiger partial charge in [0.05, 0.1) is 17.6 Å². The van der Waals surface area contributed by atoms with E-state index in [9.17, 15) is 4.79 Å². The third-order valence-electron chi connectivity index (χ3n) is 5.62. The molecule has 5 rings (SSSR count). The molecule has 0 unspecified atom stereocenters. The monoisotopic (exact) mass is 406 g/mol. The molecule has 4 heteroatoms. The number of para-hydroxylation sites is 1. The first-order valence-electron chi connectivity index (χ1n) is 10.3. The number of amides is 1. The van der Waals surface area contributed by atoms with Crippen molar-refractivity contribution in [2.75, 3.05) is 5.32 Å². The van der Waals surface area contributed by atoms with Crippen molar-refractivity contribution >= 4 is 33.5 Å². The molecule has 0 saturated heterocycles. The van der Waals surface area contributed by atoms with Gasteiger partial charge in [0.1, 0.15) is 11.3 Å². The van der Waals surface area contributed by atoms with Crippen LogP contribution in [-0.2, 0) is 11.2 Å². The second kappa shape index (κ2) is 7.73. The zero-order valence-corrected chi connectivity index (χ0v) is 17.5. The molecule has 0 fully saturated rings. The molecule has 0 atom stereocenters. The summed E-state index contributed by atoms with van der Waals surface area (Å²) in [6, 6.07) is 25.6. The van der Waals surface area contributed by atoms with Crippen molar-refractivity contribution in [3.8, 4) is 11.5 Å². The molecule has 0 saturated carbocycles. The first kappa shape index (κ1) is 19.1. The van der Waals surface area contributed by atoms with E-state index >= 15 is 0 Å². The summed E-state index contributed by atoms with van der Waals surface area (Å²) in [6.45, 7) is 4.08. The molecule has 31 heavy (non-hydrogen) atoms. The Morgan fingerprint density at radius 2 is 1.65 bits per heavy atom. The molecule has 5 aromatic rings. The summed E-state index contributed by atoms with van der Waals surface area (Å²) < 4.78 is 6.10. The average molecular weight is 406 g/mol. The van der Waals surface area contributed by atoms with Gasteiger partial charge in [0.15, 0.2) is 5.76 Å². The van der Waals surface area contributed by atoms with Crippen molar-refractivity contribution in [3.63, 3.8) is 0 Å². The van der Waals surface area contributed by atoms with Crippen LogP contribution in [0.4, 0.5) is 5.69 Å². The van der Waals surface area contributed by atoms with E-state index in [0.29, 0.717) is 6.42 Å². The Kier molecular flexibility index (Phi) is 4.75. The average Bonchev–Trinajstić information content (AvgIpc) is 3.13. The van der Waals surface area contributed by atoms with Crippen LogP contribution in [0.5, 0.6) is 0 Å². The van der Waals surface area contributed by atoms with Gasteiger partial charge in [-0.2, -0.15) is 0 Å². The molecule has 2 aromatic heterocycles. The van der Waals surface area contributed by atoms with Crippen molar-refractivity contribution in [1.82, 2.24) is 4.98 Å². The molecular formula is C27H22N2O2. The Balaban J connectivity index is 1.51. The molecule has 0 spiro atoms. The minimum absolute atomic E-state index is 0.0476. The van der Waals surface area contributed by atoms with Gasteiger partial charge in [-0.25, -0.2) is 4.98 Å². The lowest BCUT2D eigenvalue weighted by atomic mass is 10.1. The SMILES string of the molecule is Cc1c(-c2ccc3c(NC(=O)Cc4ccccc4)ccc(C)c3n2)oc2ccccc12. The third kappa shape index (κ3) is 3.57. The largest absolute Gasteiger partial charge is 0.454 e. The van der Waals surface area contributed by atoms with Gasteiger partial charge >= 0.3 is 0 Å². The number of hydrogen-bond acceptors (Lipinski definition) is 3. The highest BCUT2D eigenvalue weighted by atomic mass is 16.3. The molecule has 2 heterocycles. The number of aryl methyl sites for hydroxylation is 2. The van der Waals surface area contributed by atoms with E-state index in [-0.39, 0.29) is 5.91 Å². The normalized spacial score (nSPS) is 11.2. The standard InChI is InChI=1S/C27H22N2O2/c1-17-12-14-22(28-25(30)16-19-8-4-3-5-9-19)21-13-15-23(29-26(17)21)27-18(2)20-10-6-7-11-24(20)31-27/h3-15H,16H2,1-2H3,(H,28,30). The maximum absolute atomic E-state index is 12.6. The van der Waals surface area contributed by atoms with E-state index in [2.05, 4.69) is 18.3 Å². The molecule has 0 aliphatic heterocycles. The predicted octanol–water partition coefficient (Wildman–Crippen LogP) is 6.45. The van der Waals surface area contributed by atoms with Crippen LogP contribution in [0.15, 0.2) is 83.3 Å². The van der Waals surface area contributed by atoms with Crippen LogP contribution in [0.25, 0.3) is 33.3 Å². The van der Waals surface area contributed by atoms with Crippen molar-refractivity contribution in [1.29, 1.82) is 0 Å². The predicted molar refractivity (Wildman–Crippen MR) is 125 cm³/mol. The highest BCUT2D eigenvalue weighted by molar-refractivity contribution is 6.03. The zero-order valence-electron chi connectivity index (χ0n) is 17.5. The molecular weight excluding hydrogens is 384 g/mol. The van der Waals surface area contributed by atoms with Gasteiger partial charge in [-0.3, -0.25) is 4.79 Å². The summed E-state index contributed by atoms with van der Waals surface area (Å²) in [7, 11) is 0. The molecule has 4 nitrogen and oxygen atoms in total. The number of hydrogen-bond donors (Lipinski definition) is 1. The van der Waals surface area contributed by atoms with Crippen LogP contribution in [-0.4, -0.2) is 10.9 Å². The zero-order chi connectivity index (χ0) is 21.4. The number of rotatable bonds is 4. The summed E-state index contributed by atoms with van der Waals surface area (Å²) in [4.78, 5) is 17.5. The van der Waals surface area contributed by atoms with E-state index in [4.69, 9.17) is 9.40 Å². The number of fused-ring (bicyclic) bond motifs is 2. The molecule has 0 aliphatic carbocycles. The van der Waals surface area contributed by atoms with Gasteiger partial charge in [0.25, 0.3) is 0 Å². The maximum atomic E-state index is 12.6. The fraction of sp³-hybridized carbons (Fsp3) is 0.111. The number of carbonyl (C=O) groups is 1. The molecule has 0 radical (unpaired) electrons. The first-order valence-corrected chi connectivity index (χ1v) is 10.3. The highest BCUT2D eigenvalue weighted by Crippen LogP contribution is 2.34. The van der Waals surface area contributed by atoms with Crippen LogP contribution in [0.3, 0.4) is 0 Å². The van der Waals surface area contributed by atoms with Crippen LogP contribution in [0.1, 0.15) is 16.7 Å². The number of anilines is 1. The Bertz CT molecular complexity index is 1420. The van der Waals surface area contributed by atoms with Crippen LogP contribution < -0.4 is 5.32 Å². The van der Waals surface area contributed by atoms with Gasteiger partial charge in [-0.1, -0.05) is 54.6 Å². The number of benzene rings is 3. The molecule has 3 aromatic carbocycles. The Labute approximate surface area is 180 Å². The van der Waals surface area contributed by atoms with E-state index in [1.165, 1.54) is 0 Å². The highest BCUT2D eigenvalue weighted by Gasteiger charge is 2.15. The number of furan rings is 1. The molecule has 1 N–H and O–H groups in total.